The number of para-hydroxylation sites is 1. The molecule has 0 aliphatic carbocycles. The molecule has 1 aromatic heterocycles. The van der Waals surface area contributed by atoms with Crippen molar-refractivity contribution in [3.63, 3.8) is 0 Å². The number of cyclic esters (lactones) is 1. The van der Waals surface area contributed by atoms with Crippen LogP contribution in [-0.2, 0) is 11.8 Å². The summed E-state index contributed by atoms with van der Waals surface area (Å²) in [6, 6.07) is 16.6. The smallest absolute Gasteiger partial charge is 0.340 e. The maximum Gasteiger partial charge on any atom is 0.340 e. The third kappa shape index (κ3) is 2.34. The van der Waals surface area contributed by atoms with Gasteiger partial charge in [-0.15, -0.1) is 0 Å². The predicted molar refractivity (Wildman–Crippen MR) is 94.0 cm³/mol. The number of esters is 1. The first-order chi connectivity index (χ1) is 12.1. The van der Waals surface area contributed by atoms with Crippen molar-refractivity contribution in [2.24, 2.45) is 7.05 Å². The van der Waals surface area contributed by atoms with Gasteiger partial charge < -0.3 is 10.1 Å². The van der Waals surface area contributed by atoms with Crippen molar-refractivity contribution < 1.29 is 9.53 Å². The fourth-order valence-corrected chi connectivity index (χ4v) is 3.12. The SMILES string of the molecule is Cc1c(NC2OC(=O)c3ccccc32)c(=O)n(-c2ccccc2)n1C. The van der Waals surface area contributed by atoms with Crippen LogP contribution in [0.1, 0.15) is 27.8 Å². The van der Waals surface area contributed by atoms with Crippen LogP contribution in [0.15, 0.2) is 59.4 Å². The van der Waals surface area contributed by atoms with E-state index in [4.69, 9.17) is 4.74 Å². The zero-order valence-electron chi connectivity index (χ0n) is 13.9. The molecule has 0 saturated heterocycles. The first-order valence-electron chi connectivity index (χ1n) is 7.98. The highest BCUT2D eigenvalue weighted by molar-refractivity contribution is 5.94. The van der Waals surface area contributed by atoms with E-state index < -0.39 is 6.23 Å². The Labute approximate surface area is 144 Å². The summed E-state index contributed by atoms with van der Waals surface area (Å²) in [4.78, 5) is 24.9. The van der Waals surface area contributed by atoms with Gasteiger partial charge in [0.2, 0.25) is 6.23 Å². The Bertz CT molecular complexity index is 1020. The summed E-state index contributed by atoms with van der Waals surface area (Å²) in [5.41, 5.74) is 3.02. The zero-order chi connectivity index (χ0) is 17.6. The van der Waals surface area contributed by atoms with Crippen molar-refractivity contribution in [3.8, 4) is 5.69 Å². The van der Waals surface area contributed by atoms with E-state index >= 15 is 0 Å². The third-order valence-electron chi connectivity index (χ3n) is 4.52. The number of carbonyl (C=O) groups is 1. The summed E-state index contributed by atoms with van der Waals surface area (Å²) in [5.74, 6) is -0.384. The average molecular weight is 335 g/mol. The number of fused-ring (bicyclic) bond motifs is 1. The van der Waals surface area contributed by atoms with Gasteiger partial charge in [-0.05, 0) is 25.1 Å². The molecule has 4 rings (SSSR count). The maximum absolute atomic E-state index is 12.9. The van der Waals surface area contributed by atoms with Gasteiger partial charge >= 0.3 is 5.97 Å². The lowest BCUT2D eigenvalue weighted by molar-refractivity contribution is 0.0437. The Hall–Kier alpha value is -3.28. The number of benzene rings is 2. The lowest BCUT2D eigenvalue weighted by Gasteiger charge is -2.13. The van der Waals surface area contributed by atoms with Crippen molar-refractivity contribution in [2.75, 3.05) is 5.32 Å². The van der Waals surface area contributed by atoms with Crippen LogP contribution in [0.3, 0.4) is 0 Å². The first kappa shape index (κ1) is 15.3. The van der Waals surface area contributed by atoms with Gasteiger partial charge in [0, 0.05) is 12.6 Å². The molecule has 2 aromatic carbocycles. The summed E-state index contributed by atoms with van der Waals surface area (Å²) in [6.07, 6.45) is -0.665. The second-order valence-corrected chi connectivity index (χ2v) is 5.95. The monoisotopic (exact) mass is 335 g/mol. The number of nitrogens with zero attached hydrogens (tertiary/aromatic N) is 2. The van der Waals surface area contributed by atoms with Crippen LogP contribution in [0.25, 0.3) is 5.69 Å². The molecule has 126 valence electrons. The minimum atomic E-state index is -0.665. The van der Waals surface area contributed by atoms with Gasteiger partial charge in [-0.1, -0.05) is 36.4 Å². The van der Waals surface area contributed by atoms with Gasteiger partial charge in [-0.3, -0.25) is 9.48 Å². The summed E-state index contributed by atoms with van der Waals surface area (Å²) >= 11 is 0. The van der Waals surface area contributed by atoms with Crippen molar-refractivity contribution in [1.29, 1.82) is 0 Å². The predicted octanol–water partition coefficient (Wildman–Crippen LogP) is 2.77. The van der Waals surface area contributed by atoms with Crippen LogP contribution in [0, 0.1) is 6.92 Å². The zero-order valence-corrected chi connectivity index (χ0v) is 13.9. The molecule has 0 bridgehead atoms. The molecule has 1 atom stereocenters. The van der Waals surface area contributed by atoms with Crippen LogP contribution in [-0.4, -0.2) is 15.3 Å². The molecule has 0 fully saturated rings. The lowest BCUT2D eigenvalue weighted by Crippen LogP contribution is -2.22. The van der Waals surface area contributed by atoms with Crippen molar-refractivity contribution >= 4 is 11.7 Å². The second kappa shape index (κ2) is 5.66. The van der Waals surface area contributed by atoms with E-state index in [-0.39, 0.29) is 11.5 Å². The van der Waals surface area contributed by atoms with Gasteiger partial charge in [0.15, 0.2) is 0 Å². The Kier molecular flexibility index (Phi) is 3.46. The van der Waals surface area contributed by atoms with Crippen molar-refractivity contribution in [1.82, 2.24) is 9.36 Å². The van der Waals surface area contributed by atoms with Crippen molar-refractivity contribution in [3.05, 3.63) is 81.8 Å². The Morgan fingerprint density at radius 2 is 1.68 bits per heavy atom. The molecule has 2 heterocycles. The molecule has 6 heteroatoms. The molecule has 0 amide bonds. The number of hydrogen-bond donors (Lipinski definition) is 1. The molecule has 25 heavy (non-hydrogen) atoms. The molecule has 1 unspecified atom stereocenters. The lowest BCUT2D eigenvalue weighted by atomic mass is 10.1. The van der Waals surface area contributed by atoms with Gasteiger partial charge in [-0.2, -0.15) is 0 Å². The number of nitrogens with one attached hydrogen (secondary N) is 1. The van der Waals surface area contributed by atoms with E-state index in [9.17, 15) is 9.59 Å². The molecule has 1 N–H and O–H groups in total. The molecule has 0 radical (unpaired) electrons. The van der Waals surface area contributed by atoms with Crippen LogP contribution in [0.4, 0.5) is 5.69 Å². The standard InChI is InChI=1S/C19H17N3O3/c1-12-16(18(23)22(21(12)2)13-8-4-3-5-9-13)20-17-14-10-6-7-11-15(14)19(24)25-17/h3-11,17,20H,1-2H3. The van der Waals surface area contributed by atoms with E-state index in [0.717, 1.165) is 16.9 Å². The fourth-order valence-electron chi connectivity index (χ4n) is 3.12. The molecular weight excluding hydrogens is 318 g/mol. The highest BCUT2D eigenvalue weighted by atomic mass is 16.6. The van der Waals surface area contributed by atoms with E-state index in [1.54, 1.807) is 21.5 Å². The fraction of sp³-hybridized carbons (Fsp3) is 0.158. The number of carbonyl (C=O) groups excluding carboxylic acids is 1. The van der Waals surface area contributed by atoms with E-state index in [0.29, 0.717) is 11.3 Å². The number of anilines is 1. The minimum absolute atomic E-state index is 0.188. The van der Waals surface area contributed by atoms with E-state index in [1.807, 2.05) is 56.4 Å². The Morgan fingerprint density at radius 3 is 2.44 bits per heavy atom. The summed E-state index contributed by atoms with van der Waals surface area (Å²) in [7, 11) is 1.82. The molecule has 3 aromatic rings. The molecule has 1 aliphatic heterocycles. The van der Waals surface area contributed by atoms with Crippen LogP contribution < -0.4 is 10.9 Å². The van der Waals surface area contributed by atoms with Crippen LogP contribution in [0.2, 0.25) is 0 Å². The van der Waals surface area contributed by atoms with Gasteiger partial charge in [0.25, 0.3) is 5.56 Å². The van der Waals surface area contributed by atoms with Crippen molar-refractivity contribution in [2.45, 2.75) is 13.2 Å². The number of rotatable bonds is 3. The Morgan fingerprint density at radius 1 is 1.00 bits per heavy atom. The molecule has 0 spiro atoms. The molecular formula is C19H17N3O3. The van der Waals surface area contributed by atoms with Crippen LogP contribution in [0.5, 0.6) is 0 Å². The van der Waals surface area contributed by atoms with Gasteiger partial charge in [0.05, 0.1) is 16.9 Å². The average Bonchev–Trinajstić information content (AvgIpc) is 3.06. The minimum Gasteiger partial charge on any atom is -0.434 e. The quantitative estimate of drug-likeness (QED) is 0.748. The van der Waals surface area contributed by atoms with E-state index in [2.05, 4.69) is 5.32 Å². The second-order valence-electron chi connectivity index (χ2n) is 5.95. The van der Waals surface area contributed by atoms with Crippen LogP contribution >= 0.6 is 0 Å². The third-order valence-corrected chi connectivity index (χ3v) is 4.52. The topological polar surface area (TPSA) is 65.3 Å². The van der Waals surface area contributed by atoms with Gasteiger partial charge in [-0.25, -0.2) is 9.48 Å². The first-order valence-corrected chi connectivity index (χ1v) is 7.98. The number of ether oxygens (including phenoxy) is 1. The largest absolute Gasteiger partial charge is 0.434 e. The molecule has 1 aliphatic rings. The Balaban J connectivity index is 1.76. The maximum atomic E-state index is 12.9. The normalized spacial score (nSPS) is 15.8. The summed E-state index contributed by atoms with van der Waals surface area (Å²) in [6.45, 7) is 1.85. The highest BCUT2D eigenvalue weighted by Gasteiger charge is 2.32. The van der Waals surface area contributed by atoms with Gasteiger partial charge in [0.1, 0.15) is 5.69 Å². The summed E-state index contributed by atoms with van der Waals surface area (Å²) < 4.78 is 8.76. The molecule has 0 saturated carbocycles. The molecule has 6 nitrogen and oxygen atoms in total. The highest BCUT2D eigenvalue weighted by Crippen LogP contribution is 2.31. The summed E-state index contributed by atoms with van der Waals surface area (Å²) in [5, 5.41) is 3.10. The van der Waals surface area contributed by atoms with E-state index in [1.165, 1.54) is 0 Å². The number of aromatic nitrogens is 2. The number of hydrogen-bond acceptors (Lipinski definition) is 4.